The third-order valence-electron chi connectivity index (χ3n) is 7.33. The summed E-state index contributed by atoms with van der Waals surface area (Å²) in [4.78, 5) is 9.16. The van der Waals surface area contributed by atoms with E-state index in [0.29, 0.717) is 25.4 Å². The zero-order chi connectivity index (χ0) is 26.6. The SMILES string of the molecule is CCCCCCCCCCCCc1cnc(-c2ccc(OCCC(F)CCCC(C)CCC)cc2)nc1. The number of hydrogen-bond acceptors (Lipinski definition) is 3. The van der Waals surface area contributed by atoms with E-state index in [1.165, 1.54) is 82.6 Å². The van der Waals surface area contributed by atoms with Gasteiger partial charge in [-0.25, -0.2) is 14.4 Å². The topological polar surface area (TPSA) is 35.0 Å². The van der Waals surface area contributed by atoms with Crippen LogP contribution in [0.2, 0.25) is 0 Å². The highest BCUT2D eigenvalue weighted by molar-refractivity contribution is 5.55. The van der Waals surface area contributed by atoms with Crippen molar-refractivity contribution in [2.24, 2.45) is 5.92 Å². The van der Waals surface area contributed by atoms with Crippen molar-refractivity contribution in [3.8, 4) is 17.1 Å². The fourth-order valence-electron chi connectivity index (χ4n) is 4.92. The first-order valence-corrected chi connectivity index (χ1v) is 15.3. The number of aromatic nitrogens is 2. The number of ether oxygens (including phenoxy) is 1. The number of alkyl halides is 1. The molecule has 0 N–H and O–H groups in total. The van der Waals surface area contributed by atoms with Gasteiger partial charge in [0.05, 0.1) is 6.61 Å². The molecule has 2 atom stereocenters. The van der Waals surface area contributed by atoms with Crippen molar-refractivity contribution in [3.63, 3.8) is 0 Å². The number of nitrogens with zero attached hydrogens (tertiary/aromatic N) is 2. The van der Waals surface area contributed by atoms with E-state index in [1.807, 2.05) is 36.7 Å². The standard InChI is InChI=1S/C33H53FN2O/c1-4-6-7-8-9-10-11-12-13-14-18-29-26-35-33(36-27-29)30-20-22-32(23-21-30)37-25-24-31(34)19-15-17-28(3)16-5-2/h20-23,26-28,31H,4-19,24-25H2,1-3H3. The van der Waals surface area contributed by atoms with Crippen molar-refractivity contribution in [3.05, 3.63) is 42.2 Å². The normalized spacial score (nSPS) is 13.0. The van der Waals surface area contributed by atoms with Gasteiger partial charge in [-0.2, -0.15) is 0 Å². The third kappa shape index (κ3) is 14.5. The van der Waals surface area contributed by atoms with Gasteiger partial charge in [0, 0.05) is 24.4 Å². The summed E-state index contributed by atoms with van der Waals surface area (Å²) in [7, 11) is 0. The molecule has 0 saturated carbocycles. The Labute approximate surface area is 227 Å². The first kappa shape index (κ1) is 31.2. The van der Waals surface area contributed by atoms with Gasteiger partial charge in [0.15, 0.2) is 5.82 Å². The lowest BCUT2D eigenvalue weighted by Crippen LogP contribution is -2.08. The summed E-state index contributed by atoms with van der Waals surface area (Å²) in [6, 6.07) is 7.81. The molecule has 0 radical (unpaired) electrons. The summed E-state index contributed by atoms with van der Waals surface area (Å²) in [6.45, 7) is 7.16. The highest BCUT2D eigenvalue weighted by Gasteiger charge is 2.09. The maximum absolute atomic E-state index is 14.2. The van der Waals surface area contributed by atoms with Crippen molar-refractivity contribution in [1.82, 2.24) is 9.97 Å². The van der Waals surface area contributed by atoms with E-state index in [9.17, 15) is 4.39 Å². The molecular formula is C33H53FN2O. The van der Waals surface area contributed by atoms with Crippen LogP contribution in [-0.4, -0.2) is 22.7 Å². The van der Waals surface area contributed by atoms with E-state index in [2.05, 4.69) is 30.7 Å². The number of aryl methyl sites for hydroxylation is 1. The second-order valence-electron chi connectivity index (χ2n) is 10.9. The van der Waals surface area contributed by atoms with Crippen LogP contribution >= 0.6 is 0 Å². The van der Waals surface area contributed by atoms with Crippen molar-refractivity contribution >= 4 is 0 Å². The van der Waals surface area contributed by atoms with Gasteiger partial charge in [0.2, 0.25) is 0 Å². The van der Waals surface area contributed by atoms with Crippen molar-refractivity contribution < 1.29 is 9.13 Å². The molecule has 0 aliphatic carbocycles. The summed E-state index contributed by atoms with van der Waals surface area (Å²) in [5.41, 5.74) is 2.19. The minimum absolute atomic E-state index is 0.412. The van der Waals surface area contributed by atoms with Crippen LogP contribution in [-0.2, 0) is 6.42 Å². The zero-order valence-electron chi connectivity index (χ0n) is 24.0. The molecule has 37 heavy (non-hydrogen) atoms. The number of unbranched alkanes of at least 4 members (excludes halogenated alkanes) is 9. The Balaban J connectivity index is 1.59. The molecule has 0 amide bonds. The Hall–Kier alpha value is -1.97. The van der Waals surface area contributed by atoms with Crippen molar-refractivity contribution in [1.29, 1.82) is 0 Å². The number of halogens is 1. The monoisotopic (exact) mass is 512 g/mol. The van der Waals surface area contributed by atoms with Crippen LogP contribution in [0.25, 0.3) is 11.4 Å². The maximum atomic E-state index is 14.2. The van der Waals surface area contributed by atoms with Crippen LogP contribution in [0.4, 0.5) is 4.39 Å². The molecule has 0 fully saturated rings. The quantitative estimate of drug-likeness (QED) is 0.147. The average Bonchev–Trinajstić information content (AvgIpc) is 2.91. The molecule has 1 aromatic carbocycles. The zero-order valence-corrected chi connectivity index (χ0v) is 24.0. The lowest BCUT2D eigenvalue weighted by atomic mass is 9.98. The summed E-state index contributed by atoms with van der Waals surface area (Å²) in [6.07, 6.45) is 23.4. The molecule has 3 nitrogen and oxygen atoms in total. The van der Waals surface area contributed by atoms with E-state index >= 15 is 0 Å². The fourth-order valence-corrected chi connectivity index (χ4v) is 4.92. The molecule has 4 heteroatoms. The van der Waals surface area contributed by atoms with Crippen molar-refractivity contribution in [2.75, 3.05) is 6.61 Å². The van der Waals surface area contributed by atoms with Crippen LogP contribution in [0, 0.1) is 5.92 Å². The van der Waals surface area contributed by atoms with Gasteiger partial charge < -0.3 is 4.74 Å². The second-order valence-corrected chi connectivity index (χ2v) is 10.9. The number of hydrogen-bond donors (Lipinski definition) is 0. The lowest BCUT2D eigenvalue weighted by molar-refractivity contribution is 0.220. The summed E-state index contributed by atoms with van der Waals surface area (Å²) < 4.78 is 19.9. The van der Waals surface area contributed by atoms with Gasteiger partial charge in [-0.05, 0) is 55.0 Å². The van der Waals surface area contributed by atoms with Gasteiger partial charge >= 0.3 is 0 Å². The molecule has 1 heterocycles. The molecule has 2 aromatic rings. The van der Waals surface area contributed by atoms with E-state index in [1.54, 1.807) is 0 Å². The first-order chi connectivity index (χ1) is 18.1. The lowest BCUT2D eigenvalue weighted by Gasteiger charge is -2.12. The van der Waals surface area contributed by atoms with Crippen LogP contribution in [0.1, 0.15) is 129 Å². The minimum Gasteiger partial charge on any atom is -0.493 e. The van der Waals surface area contributed by atoms with Gasteiger partial charge in [-0.1, -0.05) is 104 Å². The van der Waals surface area contributed by atoms with E-state index < -0.39 is 6.17 Å². The van der Waals surface area contributed by atoms with Gasteiger partial charge in [0.25, 0.3) is 0 Å². The first-order valence-electron chi connectivity index (χ1n) is 15.3. The Morgan fingerprint density at radius 1 is 0.703 bits per heavy atom. The predicted molar refractivity (Wildman–Crippen MR) is 156 cm³/mol. The molecule has 0 aliphatic rings. The van der Waals surface area contributed by atoms with Gasteiger partial charge in [-0.3, -0.25) is 0 Å². The van der Waals surface area contributed by atoms with Crippen LogP contribution in [0.15, 0.2) is 36.7 Å². The summed E-state index contributed by atoms with van der Waals surface area (Å²) in [5.74, 6) is 2.21. The van der Waals surface area contributed by atoms with E-state index in [0.717, 1.165) is 36.4 Å². The van der Waals surface area contributed by atoms with Crippen LogP contribution in [0.5, 0.6) is 5.75 Å². The number of rotatable bonds is 22. The Morgan fingerprint density at radius 3 is 1.95 bits per heavy atom. The second kappa shape index (κ2) is 20.1. The molecule has 208 valence electrons. The molecule has 0 spiro atoms. The Kier molecular flexibility index (Phi) is 16.9. The Morgan fingerprint density at radius 2 is 1.32 bits per heavy atom. The molecule has 0 bridgehead atoms. The molecular weight excluding hydrogens is 459 g/mol. The third-order valence-corrected chi connectivity index (χ3v) is 7.33. The maximum Gasteiger partial charge on any atom is 0.159 e. The number of benzene rings is 1. The average molecular weight is 513 g/mol. The highest BCUT2D eigenvalue weighted by atomic mass is 19.1. The van der Waals surface area contributed by atoms with Gasteiger partial charge in [0.1, 0.15) is 11.9 Å². The van der Waals surface area contributed by atoms with Crippen molar-refractivity contribution in [2.45, 2.75) is 136 Å². The predicted octanol–water partition coefficient (Wildman–Crippen LogP) is 10.3. The van der Waals surface area contributed by atoms with Crippen LogP contribution < -0.4 is 4.74 Å². The largest absolute Gasteiger partial charge is 0.493 e. The smallest absolute Gasteiger partial charge is 0.159 e. The van der Waals surface area contributed by atoms with E-state index in [4.69, 9.17) is 4.74 Å². The molecule has 1 aromatic heterocycles. The minimum atomic E-state index is -0.777. The van der Waals surface area contributed by atoms with E-state index in [-0.39, 0.29) is 0 Å². The molecule has 2 unspecified atom stereocenters. The molecule has 2 rings (SSSR count). The van der Waals surface area contributed by atoms with Gasteiger partial charge in [-0.15, -0.1) is 0 Å². The summed E-state index contributed by atoms with van der Waals surface area (Å²) >= 11 is 0. The van der Waals surface area contributed by atoms with Crippen LogP contribution in [0.3, 0.4) is 0 Å². The molecule has 0 aliphatic heterocycles. The fraction of sp³-hybridized carbons (Fsp3) is 0.697. The highest BCUT2D eigenvalue weighted by Crippen LogP contribution is 2.21. The molecule has 0 saturated heterocycles. The summed E-state index contributed by atoms with van der Waals surface area (Å²) in [5, 5.41) is 0. The Bertz CT molecular complexity index is 793.